The third kappa shape index (κ3) is 18.8. The van der Waals surface area contributed by atoms with Crippen molar-refractivity contribution in [2.24, 2.45) is 34.4 Å². The quantitative estimate of drug-likeness (QED) is 0.0236. The van der Waals surface area contributed by atoms with E-state index in [-0.39, 0.29) is 25.8 Å². The topological polar surface area (TPSA) is 443 Å². The van der Waals surface area contributed by atoms with E-state index in [1.165, 1.54) is 0 Å². The van der Waals surface area contributed by atoms with Gasteiger partial charge in [-0.15, -0.1) is 0 Å². The average molecular weight is 792 g/mol. The number of hydrogen-bond donors (Lipinski definition) is 14. The molecule has 0 radical (unpaired) electrons. The third-order valence-electron chi connectivity index (χ3n) is 7.66. The summed E-state index contributed by atoms with van der Waals surface area (Å²) in [7, 11) is 0. The molecule has 56 heavy (non-hydrogen) atoms. The second-order valence-corrected chi connectivity index (χ2v) is 12.4. The number of carbonyl (C=O) groups excluding carboxylic acids is 9. The first-order valence-electron chi connectivity index (χ1n) is 16.9. The van der Waals surface area contributed by atoms with Gasteiger partial charge in [0.25, 0.3) is 0 Å². The van der Waals surface area contributed by atoms with Crippen LogP contribution in [0.4, 0.5) is 0 Å². The van der Waals surface area contributed by atoms with Gasteiger partial charge in [-0.25, -0.2) is 4.79 Å². The lowest BCUT2D eigenvalue weighted by molar-refractivity contribution is -0.142. The molecule has 0 heterocycles. The Balaban J connectivity index is 3.37. The summed E-state index contributed by atoms with van der Waals surface area (Å²) >= 11 is 0. The standard InChI is InChI=1S/C32H49N13O11/c33-16(12-23(35)47)26(50)43-19(13-24(36)48)29(53)42-18(8-9-22(34)46)28(52)41-17(7-4-10-40-32(38)39)27(51)44-20(14-25(37)49)30(54)45-21(31(55)56)11-15-5-2-1-3-6-15/h1-3,5-6,16-21H,4,7-14,33H2,(H2,34,46)(H2,35,47)(H2,36,48)(H2,37,49)(H,41,52)(H,42,53)(H,43,50)(H,44,51)(H,45,54)(H,55,56)(H4,38,39,40)/t16-,17-,18-,19-,20-,21-/m0/s1. The van der Waals surface area contributed by atoms with Gasteiger partial charge >= 0.3 is 5.97 Å². The van der Waals surface area contributed by atoms with Crippen LogP contribution in [0, 0.1) is 5.41 Å². The first-order valence-corrected chi connectivity index (χ1v) is 16.9. The largest absolute Gasteiger partial charge is 0.480 e. The molecule has 6 atom stereocenters. The monoisotopic (exact) mass is 791 g/mol. The van der Waals surface area contributed by atoms with Crippen LogP contribution in [0.1, 0.15) is 50.5 Å². The zero-order valence-electron chi connectivity index (χ0n) is 30.2. The molecule has 24 nitrogen and oxygen atoms in total. The maximum atomic E-state index is 13.6. The van der Waals surface area contributed by atoms with E-state index < -0.39 is 133 Å². The van der Waals surface area contributed by atoms with E-state index >= 15 is 0 Å². The van der Waals surface area contributed by atoms with Crippen LogP contribution in [0.5, 0.6) is 0 Å². The van der Waals surface area contributed by atoms with E-state index in [1.807, 2.05) is 0 Å². The molecule has 0 fully saturated rings. The molecule has 308 valence electrons. The molecule has 1 aromatic carbocycles. The molecule has 20 N–H and O–H groups in total. The average Bonchev–Trinajstić information content (AvgIpc) is 3.09. The highest BCUT2D eigenvalue weighted by molar-refractivity contribution is 5.98. The van der Waals surface area contributed by atoms with E-state index in [2.05, 4.69) is 31.9 Å². The van der Waals surface area contributed by atoms with E-state index in [4.69, 9.17) is 39.8 Å². The van der Waals surface area contributed by atoms with Gasteiger partial charge in [-0.05, 0) is 24.8 Å². The van der Waals surface area contributed by atoms with Crippen molar-refractivity contribution in [3.63, 3.8) is 0 Å². The summed E-state index contributed by atoms with van der Waals surface area (Å²) in [5.74, 6) is -11.4. The Hall–Kier alpha value is -6.85. The summed E-state index contributed by atoms with van der Waals surface area (Å²) in [6.45, 7) is 0.00812. The molecule has 1 aromatic rings. The lowest BCUT2D eigenvalue weighted by Crippen LogP contribution is -2.60. The second kappa shape index (κ2) is 23.7. The van der Waals surface area contributed by atoms with Crippen molar-refractivity contribution in [2.45, 2.75) is 87.6 Å². The van der Waals surface area contributed by atoms with Crippen molar-refractivity contribution >= 4 is 65.1 Å². The number of amides is 9. The van der Waals surface area contributed by atoms with Gasteiger partial charge in [-0.3, -0.25) is 48.6 Å². The summed E-state index contributed by atoms with van der Waals surface area (Å²) in [5.41, 5.74) is 32.3. The Morgan fingerprint density at radius 3 is 1.45 bits per heavy atom. The zero-order chi connectivity index (χ0) is 42.5. The fraction of sp³-hybridized carbons (Fsp3) is 0.469. The molecule has 0 saturated heterocycles. The third-order valence-corrected chi connectivity index (χ3v) is 7.66. The summed E-state index contributed by atoms with van der Waals surface area (Å²) in [6.07, 6.45) is -3.56. The number of primary amides is 4. The van der Waals surface area contributed by atoms with Gasteiger partial charge in [-0.2, -0.15) is 0 Å². The second-order valence-electron chi connectivity index (χ2n) is 12.4. The van der Waals surface area contributed by atoms with E-state index in [0.29, 0.717) is 5.56 Å². The van der Waals surface area contributed by atoms with Crippen LogP contribution in [0.2, 0.25) is 0 Å². The Morgan fingerprint density at radius 2 is 1.00 bits per heavy atom. The molecule has 0 aliphatic carbocycles. The number of nitrogens with one attached hydrogen (secondary N) is 7. The molecule has 0 aliphatic rings. The Bertz CT molecular complexity index is 1630. The predicted octanol–water partition coefficient (Wildman–Crippen LogP) is -6.78. The molecule has 0 unspecified atom stereocenters. The summed E-state index contributed by atoms with van der Waals surface area (Å²) in [4.78, 5) is 125. The molecular formula is C32H49N13O11. The zero-order valence-corrected chi connectivity index (χ0v) is 30.2. The number of aliphatic carboxylic acids is 1. The normalized spacial score (nSPS) is 13.8. The Labute approximate surface area is 319 Å². The SMILES string of the molecule is N=C(N)NCCC[C@H](NC(=O)[C@H](CCC(N)=O)NC(=O)[C@H](CC(N)=O)NC(=O)[C@@H](N)CC(N)=O)C(=O)N[C@@H](CC(N)=O)C(=O)N[C@@H](Cc1ccccc1)C(=O)O. The highest BCUT2D eigenvalue weighted by atomic mass is 16.4. The van der Waals surface area contributed by atoms with Crippen molar-refractivity contribution in [3.05, 3.63) is 35.9 Å². The minimum absolute atomic E-state index is 0.00812. The summed E-state index contributed by atoms with van der Waals surface area (Å²) < 4.78 is 0. The first-order chi connectivity index (χ1) is 26.2. The lowest BCUT2D eigenvalue weighted by Gasteiger charge is -2.27. The molecule has 9 amide bonds. The fourth-order valence-electron chi connectivity index (χ4n) is 4.90. The predicted molar refractivity (Wildman–Crippen MR) is 194 cm³/mol. The Morgan fingerprint density at radius 1 is 0.571 bits per heavy atom. The molecule has 0 spiro atoms. The minimum atomic E-state index is -1.75. The minimum Gasteiger partial charge on any atom is -0.480 e. The highest BCUT2D eigenvalue weighted by Gasteiger charge is 2.34. The van der Waals surface area contributed by atoms with E-state index in [1.54, 1.807) is 30.3 Å². The number of nitrogens with two attached hydrogens (primary N) is 6. The van der Waals surface area contributed by atoms with Crippen LogP contribution in [0.15, 0.2) is 30.3 Å². The van der Waals surface area contributed by atoms with Crippen molar-refractivity contribution in [1.82, 2.24) is 31.9 Å². The van der Waals surface area contributed by atoms with Gasteiger partial charge in [0.2, 0.25) is 53.2 Å². The van der Waals surface area contributed by atoms with Crippen molar-refractivity contribution in [1.29, 1.82) is 5.41 Å². The molecule has 0 saturated carbocycles. The number of guanidine groups is 1. The molecule has 0 bridgehead atoms. The molecule has 0 aliphatic heterocycles. The summed E-state index contributed by atoms with van der Waals surface area (Å²) in [5, 5.41) is 30.8. The van der Waals surface area contributed by atoms with Crippen LogP contribution >= 0.6 is 0 Å². The first kappa shape index (κ1) is 47.2. The molecule has 1 rings (SSSR count). The van der Waals surface area contributed by atoms with Crippen LogP contribution in [0.3, 0.4) is 0 Å². The fourth-order valence-corrected chi connectivity index (χ4v) is 4.90. The molecular weight excluding hydrogens is 742 g/mol. The van der Waals surface area contributed by atoms with Crippen molar-refractivity contribution < 1.29 is 53.1 Å². The smallest absolute Gasteiger partial charge is 0.326 e. The Kier molecular flexibility index (Phi) is 20.0. The maximum absolute atomic E-state index is 13.6. The van der Waals surface area contributed by atoms with Gasteiger partial charge in [0.15, 0.2) is 5.96 Å². The van der Waals surface area contributed by atoms with Crippen LogP contribution in [0.25, 0.3) is 0 Å². The number of rotatable bonds is 26. The van der Waals surface area contributed by atoms with Crippen LogP contribution in [-0.4, -0.2) is 113 Å². The molecule has 0 aromatic heterocycles. The number of carboxylic acid groups (broad SMARTS) is 1. The van der Waals surface area contributed by atoms with E-state index in [0.717, 1.165) is 0 Å². The van der Waals surface area contributed by atoms with Gasteiger partial charge < -0.3 is 71.4 Å². The number of benzene rings is 1. The van der Waals surface area contributed by atoms with Gasteiger partial charge in [-0.1, -0.05) is 30.3 Å². The van der Waals surface area contributed by atoms with Crippen LogP contribution < -0.4 is 66.3 Å². The highest BCUT2D eigenvalue weighted by Crippen LogP contribution is 2.08. The summed E-state index contributed by atoms with van der Waals surface area (Å²) in [6, 6.07) is -1.52. The van der Waals surface area contributed by atoms with Gasteiger partial charge in [0.05, 0.1) is 25.3 Å². The lowest BCUT2D eigenvalue weighted by atomic mass is 10.0. The number of carbonyl (C=O) groups is 10. The van der Waals surface area contributed by atoms with Crippen molar-refractivity contribution in [2.75, 3.05) is 6.54 Å². The van der Waals surface area contributed by atoms with Crippen molar-refractivity contribution in [3.8, 4) is 0 Å². The van der Waals surface area contributed by atoms with Crippen LogP contribution in [-0.2, 0) is 54.4 Å². The van der Waals surface area contributed by atoms with E-state index in [9.17, 15) is 53.1 Å². The maximum Gasteiger partial charge on any atom is 0.326 e. The van der Waals surface area contributed by atoms with Gasteiger partial charge in [0.1, 0.15) is 30.2 Å². The number of hydrogen-bond acceptors (Lipinski definition) is 12. The van der Waals surface area contributed by atoms with Gasteiger partial charge in [0, 0.05) is 19.4 Å². The number of carboxylic acids is 1. The molecule has 24 heteroatoms.